The van der Waals surface area contributed by atoms with Gasteiger partial charge in [-0.15, -0.1) is 0 Å². The Balaban J connectivity index is 1.48. The monoisotopic (exact) mass is 330 g/mol. The summed E-state index contributed by atoms with van der Waals surface area (Å²) in [5, 5.41) is 2.93. The van der Waals surface area contributed by atoms with Gasteiger partial charge in [0.2, 0.25) is 0 Å². The van der Waals surface area contributed by atoms with Crippen LogP contribution in [0.2, 0.25) is 0 Å². The van der Waals surface area contributed by atoms with Crippen LogP contribution in [0.4, 0.5) is 0 Å². The molecule has 0 aliphatic heterocycles. The van der Waals surface area contributed by atoms with Gasteiger partial charge in [-0.2, -0.15) is 0 Å². The number of nitrogens with one attached hydrogen (secondary N) is 1. The van der Waals surface area contributed by atoms with Crippen molar-refractivity contribution in [2.24, 2.45) is 0 Å². The maximum atomic E-state index is 12.1. The number of amides is 1. The van der Waals surface area contributed by atoms with E-state index < -0.39 is 0 Å². The Morgan fingerprint density at radius 1 is 0.840 bits per heavy atom. The molecule has 1 radical (unpaired) electrons. The number of para-hydroxylation sites is 1. The van der Waals surface area contributed by atoms with Gasteiger partial charge in [-0.3, -0.25) is 4.79 Å². The highest BCUT2D eigenvalue weighted by molar-refractivity contribution is 5.94. The van der Waals surface area contributed by atoms with E-state index in [4.69, 9.17) is 4.74 Å². The molecule has 1 amide bonds. The molecule has 0 bridgehead atoms. The molecule has 0 saturated heterocycles. The molecule has 125 valence electrons. The first-order valence-electron chi connectivity index (χ1n) is 8.23. The van der Waals surface area contributed by atoms with Crippen LogP contribution < -0.4 is 10.1 Å². The van der Waals surface area contributed by atoms with Crippen molar-refractivity contribution >= 4 is 5.91 Å². The minimum atomic E-state index is -0.0657. The summed E-state index contributed by atoms with van der Waals surface area (Å²) in [6.45, 7) is 4.40. The van der Waals surface area contributed by atoms with Crippen molar-refractivity contribution in [2.75, 3.05) is 6.54 Å². The van der Waals surface area contributed by atoms with E-state index in [2.05, 4.69) is 12.2 Å². The van der Waals surface area contributed by atoms with Crippen LogP contribution in [0, 0.1) is 6.92 Å². The largest absolute Gasteiger partial charge is 0.457 e. The van der Waals surface area contributed by atoms with Crippen LogP contribution in [0.5, 0.6) is 11.5 Å². The summed E-state index contributed by atoms with van der Waals surface area (Å²) in [6, 6.07) is 24.8. The van der Waals surface area contributed by atoms with Crippen LogP contribution in [-0.2, 0) is 6.42 Å². The predicted octanol–water partition coefficient (Wildman–Crippen LogP) is 4.63. The van der Waals surface area contributed by atoms with Crippen molar-refractivity contribution in [3.05, 3.63) is 102 Å². The third-order valence-corrected chi connectivity index (χ3v) is 3.82. The molecule has 3 aromatic carbocycles. The fraction of sp³-hybridized carbons (Fsp3) is 0.0909. The minimum absolute atomic E-state index is 0.0657. The number of hydrogen-bond acceptors (Lipinski definition) is 2. The molecule has 0 aromatic heterocycles. The average molecular weight is 330 g/mol. The smallest absolute Gasteiger partial charge is 0.251 e. The number of rotatable bonds is 6. The molecule has 0 unspecified atom stereocenters. The molecule has 3 aromatic rings. The number of ether oxygens (including phenoxy) is 1. The molecule has 0 saturated carbocycles. The molecule has 1 N–H and O–H groups in total. The van der Waals surface area contributed by atoms with Gasteiger partial charge in [0.15, 0.2) is 0 Å². The van der Waals surface area contributed by atoms with E-state index in [0.29, 0.717) is 12.1 Å². The minimum Gasteiger partial charge on any atom is -0.457 e. The molecule has 3 nitrogen and oxygen atoms in total. The number of benzene rings is 3. The van der Waals surface area contributed by atoms with Crippen molar-refractivity contribution in [2.45, 2.75) is 6.42 Å². The number of hydrogen-bond donors (Lipinski definition) is 1. The molecule has 0 atom stereocenters. The summed E-state index contributed by atoms with van der Waals surface area (Å²) in [5.74, 6) is 1.55. The second-order valence-corrected chi connectivity index (χ2v) is 5.76. The van der Waals surface area contributed by atoms with Gasteiger partial charge in [0, 0.05) is 12.1 Å². The van der Waals surface area contributed by atoms with Gasteiger partial charge in [0.05, 0.1) is 0 Å². The zero-order valence-electron chi connectivity index (χ0n) is 13.9. The quantitative estimate of drug-likeness (QED) is 0.715. The number of carbonyl (C=O) groups is 1. The van der Waals surface area contributed by atoms with Crippen molar-refractivity contribution in [1.82, 2.24) is 5.32 Å². The fourth-order valence-electron chi connectivity index (χ4n) is 2.43. The molecule has 0 fully saturated rings. The molecule has 25 heavy (non-hydrogen) atoms. The highest BCUT2D eigenvalue weighted by atomic mass is 16.5. The topological polar surface area (TPSA) is 38.3 Å². The zero-order chi connectivity index (χ0) is 17.5. The van der Waals surface area contributed by atoms with Gasteiger partial charge < -0.3 is 10.1 Å². The Morgan fingerprint density at radius 2 is 1.48 bits per heavy atom. The third kappa shape index (κ3) is 4.95. The number of carbonyl (C=O) groups excluding carboxylic acids is 1. The van der Waals surface area contributed by atoms with E-state index >= 15 is 0 Å². The first kappa shape index (κ1) is 16.8. The zero-order valence-corrected chi connectivity index (χ0v) is 13.9. The summed E-state index contributed by atoms with van der Waals surface area (Å²) in [5.41, 5.74) is 2.70. The Kier molecular flexibility index (Phi) is 5.47. The Morgan fingerprint density at radius 3 is 2.16 bits per heavy atom. The third-order valence-electron chi connectivity index (χ3n) is 3.82. The second-order valence-electron chi connectivity index (χ2n) is 5.76. The highest BCUT2D eigenvalue weighted by Gasteiger charge is 2.04. The summed E-state index contributed by atoms with van der Waals surface area (Å²) >= 11 is 0. The SMILES string of the molecule is [CH2]c1ccc(C(=O)NCCc2ccc(Oc3ccccc3)cc2)cc1. The molecule has 3 heteroatoms. The molecule has 3 rings (SSSR count). The predicted molar refractivity (Wildman–Crippen MR) is 99.9 cm³/mol. The van der Waals surface area contributed by atoms with Crippen LogP contribution in [0.25, 0.3) is 0 Å². The van der Waals surface area contributed by atoms with E-state index in [1.165, 1.54) is 0 Å². The van der Waals surface area contributed by atoms with Gasteiger partial charge >= 0.3 is 0 Å². The Labute approximate surface area is 148 Å². The second kappa shape index (κ2) is 8.15. The van der Waals surface area contributed by atoms with E-state index in [1.807, 2.05) is 66.7 Å². The van der Waals surface area contributed by atoms with Gasteiger partial charge in [-0.1, -0.05) is 42.5 Å². The van der Waals surface area contributed by atoms with Crippen molar-refractivity contribution < 1.29 is 9.53 Å². The lowest BCUT2D eigenvalue weighted by Gasteiger charge is -2.08. The molecular weight excluding hydrogens is 310 g/mol. The van der Waals surface area contributed by atoms with Crippen LogP contribution in [0.1, 0.15) is 21.5 Å². The van der Waals surface area contributed by atoms with Gasteiger partial charge in [0.25, 0.3) is 5.91 Å². The lowest BCUT2D eigenvalue weighted by atomic mass is 10.1. The summed E-state index contributed by atoms with van der Waals surface area (Å²) < 4.78 is 5.77. The Hall–Kier alpha value is -3.07. The highest BCUT2D eigenvalue weighted by Crippen LogP contribution is 2.21. The van der Waals surface area contributed by atoms with Gasteiger partial charge in [-0.25, -0.2) is 0 Å². The molecule has 0 aliphatic carbocycles. The summed E-state index contributed by atoms with van der Waals surface area (Å²) in [4.78, 5) is 12.1. The summed E-state index contributed by atoms with van der Waals surface area (Å²) in [6.07, 6.45) is 0.769. The molecule has 0 spiro atoms. The van der Waals surface area contributed by atoms with Crippen LogP contribution in [-0.4, -0.2) is 12.5 Å². The lowest BCUT2D eigenvalue weighted by Crippen LogP contribution is -2.25. The lowest BCUT2D eigenvalue weighted by molar-refractivity contribution is 0.0954. The maximum Gasteiger partial charge on any atom is 0.251 e. The Bertz CT molecular complexity index is 809. The van der Waals surface area contributed by atoms with E-state index in [-0.39, 0.29) is 5.91 Å². The van der Waals surface area contributed by atoms with E-state index in [9.17, 15) is 4.79 Å². The molecule has 0 aliphatic rings. The van der Waals surface area contributed by atoms with Crippen LogP contribution in [0.15, 0.2) is 78.9 Å². The maximum absolute atomic E-state index is 12.1. The standard InChI is InChI=1S/C22H20NO2/c1-17-7-11-19(12-8-17)22(24)23-16-15-18-9-13-21(14-10-18)25-20-5-3-2-4-6-20/h2-14H,1,15-16H2,(H,23,24). The average Bonchev–Trinajstić information content (AvgIpc) is 2.64. The van der Waals surface area contributed by atoms with E-state index in [1.54, 1.807) is 12.1 Å². The molecule has 0 heterocycles. The molecular formula is C22H20NO2. The first-order valence-corrected chi connectivity index (χ1v) is 8.23. The first-order chi connectivity index (χ1) is 12.2. The van der Waals surface area contributed by atoms with Crippen molar-refractivity contribution in [1.29, 1.82) is 0 Å². The fourth-order valence-corrected chi connectivity index (χ4v) is 2.43. The normalized spacial score (nSPS) is 10.3. The van der Waals surface area contributed by atoms with Crippen molar-refractivity contribution in [3.63, 3.8) is 0 Å². The van der Waals surface area contributed by atoms with E-state index in [0.717, 1.165) is 29.0 Å². The van der Waals surface area contributed by atoms with Gasteiger partial charge in [-0.05, 0) is 60.9 Å². The van der Waals surface area contributed by atoms with Crippen LogP contribution >= 0.6 is 0 Å². The van der Waals surface area contributed by atoms with Crippen LogP contribution in [0.3, 0.4) is 0 Å². The van der Waals surface area contributed by atoms with Crippen molar-refractivity contribution in [3.8, 4) is 11.5 Å². The summed E-state index contributed by atoms with van der Waals surface area (Å²) in [7, 11) is 0. The van der Waals surface area contributed by atoms with Gasteiger partial charge in [0.1, 0.15) is 11.5 Å².